The van der Waals surface area contributed by atoms with E-state index in [9.17, 15) is 13.5 Å². The quantitative estimate of drug-likeness (QED) is 0.539. The van der Waals surface area contributed by atoms with Crippen molar-refractivity contribution in [2.45, 2.75) is 13.5 Å². The molecular weight excluding hydrogens is 394 g/mol. The van der Waals surface area contributed by atoms with Crippen molar-refractivity contribution in [3.63, 3.8) is 0 Å². The number of thiazole rings is 1. The Morgan fingerprint density at radius 2 is 2.11 bits per heavy atom. The van der Waals surface area contributed by atoms with E-state index in [4.69, 9.17) is 0 Å². The number of fused-ring (bicyclic) bond motifs is 1. The van der Waals surface area contributed by atoms with Crippen LogP contribution in [0.1, 0.15) is 16.1 Å². The predicted octanol–water partition coefficient (Wildman–Crippen LogP) is 3.34. The summed E-state index contributed by atoms with van der Waals surface area (Å²) in [6, 6.07) is 10.9. The molecule has 3 rings (SSSR count). The maximum absolute atomic E-state index is 11.5. The van der Waals surface area contributed by atoms with Gasteiger partial charge in [0, 0.05) is 23.2 Å². The molecule has 0 aliphatic carbocycles. The molecule has 0 amide bonds. The van der Waals surface area contributed by atoms with E-state index in [1.165, 1.54) is 11.3 Å². The molecule has 0 aliphatic rings. The van der Waals surface area contributed by atoms with Crippen LogP contribution in [0, 0.1) is 18.8 Å². The lowest BCUT2D eigenvalue weighted by Gasteiger charge is -2.10. The van der Waals surface area contributed by atoms with Crippen LogP contribution in [0.4, 0.5) is 5.69 Å². The fraction of sp³-hybridized carbons (Fsp3) is 0.150. The summed E-state index contributed by atoms with van der Waals surface area (Å²) in [5, 5.41) is 15.0. The Morgan fingerprint density at radius 1 is 1.32 bits per heavy atom. The molecule has 1 aromatic heterocycles. The largest absolute Gasteiger partial charge is 0.506 e. The molecule has 0 aliphatic heterocycles. The summed E-state index contributed by atoms with van der Waals surface area (Å²) in [6.45, 7) is 5.69. The second kappa shape index (κ2) is 8.44. The van der Waals surface area contributed by atoms with Gasteiger partial charge in [-0.1, -0.05) is 36.6 Å². The predicted molar refractivity (Wildman–Crippen MR) is 114 cm³/mol. The molecule has 0 saturated heterocycles. The van der Waals surface area contributed by atoms with E-state index >= 15 is 0 Å². The minimum absolute atomic E-state index is 0.124. The van der Waals surface area contributed by atoms with Crippen LogP contribution < -0.4 is 10.0 Å². The van der Waals surface area contributed by atoms with Gasteiger partial charge in [-0.2, -0.15) is 0 Å². The number of para-hydroxylation sites is 1. The second-order valence-corrected chi connectivity index (χ2v) is 8.87. The van der Waals surface area contributed by atoms with Crippen molar-refractivity contribution in [2.24, 2.45) is 0 Å². The Bertz CT molecular complexity index is 1190. The first-order chi connectivity index (χ1) is 13.4. The van der Waals surface area contributed by atoms with Crippen molar-refractivity contribution in [1.29, 1.82) is 0 Å². The summed E-state index contributed by atoms with van der Waals surface area (Å²) in [7, 11) is -3.49. The third-order valence-corrected chi connectivity index (χ3v) is 5.79. The van der Waals surface area contributed by atoms with Gasteiger partial charge in [-0.15, -0.1) is 11.3 Å². The molecule has 0 fully saturated rings. The Labute approximate surface area is 168 Å². The Hall–Kier alpha value is -2.86. The molecule has 0 spiro atoms. The molecular formula is C20H19N3O3S2. The van der Waals surface area contributed by atoms with E-state index in [1.54, 1.807) is 6.07 Å². The number of benzene rings is 2. The minimum Gasteiger partial charge on any atom is -0.506 e. The molecule has 6 nitrogen and oxygen atoms in total. The molecule has 0 bridgehead atoms. The Kier molecular flexibility index (Phi) is 5.99. The number of anilines is 1. The number of nitrogens with one attached hydrogen (secondary N) is 2. The highest BCUT2D eigenvalue weighted by atomic mass is 32.2. The van der Waals surface area contributed by atoms with Gasteiger partial charge in [0.2, 0.25) is 10.0 Å². The van der Waals surface area contributed by atoms with Crippen LogP contribution in [0.25, 0.3) is 10.2 Å². The topological polar surface area (TPSA) is 91.3 Å². The lowest BCUT2D eigenvalue weighted by molar-refractivity contribution is 0.480. The molecule has 1 heterocycles. The van der Waals surface area contributed by atoms with Gasteiger partial charge in [0.1, 0.15) is 11.3 Å². The van der Waals surface area contributed by atoms with Gasteiger partial charge < -0.3 is 10.4 Å². The van der Waals surface area contributed by atoms with Crippen molar-refractivity contribution >= 4 is 37.3 Å². The number of sulfonamides is 1. The monoisotopic (exact) mass is 413 g/mol. The highest BCUT2D eigenvalue weighted by Crippen LogP contribution is 2.30. The van der Waals surface area contributed by atoms with Gasteiger partial charge in [-0.25, -0.2) is 18.1 Å². The number of rotatable bonds is 6. The van der Waals surface area contributed by atoms with Crippen LogP contribution in [0.3, 0.4) is 0 Å². The van der Waals surface area contributed by atoms with Crippen LogP contribution in [0.5, 0.6) is 5.75 Å². The zero-order valence-electron chi connectivity index (χ0n) is 15.2. The molecule has 8 heteroatoms. The number of hydrogen-bond acceptors (Lipinski definition) is 6. The van der Waals surface area contributed by atoms with E-state index < -0.39 is 10.0 Å². The Morgan fingerprint density at radius 3 is 2.89 bits per heavy atom. The zero-order valence-corrected chi connectivity index (χ0v) is 16.8. The van der Waals surface area contributed by atoms with Crippen LogP contribution in [-0.2, 0) is 16.6 Å². The molecule has 3 N–H and O–H groups in total. The third kappa shape index (κ3) is 4.89. The van der Waals surface area contributed by atoms with E-state index in [-0.39, 0.29) is 12.3 Å². The van der Waals surface area contributed by atoms with Gasteiger partial charge in [0.25, 0.3) is 0 Å². The fourth-order valence-corrected chi connectivity index (χ4v) is 3.93. The molecule has 3 aromatic rings. The first kappa shape index (κ1) is 19.9. The molecule has 144 valence electrons. The van der Waals surface area contributed by atoms with Crippen molar-refractivity contribution in [2.75, 3.05) is 11.9 Å². The maximum Gasteiger partial charge on any atom is 0.233 e. The highest BCUT2D eigenvalue weighted by molar-refractivity contribution is 7.92. The van der Waals surface area contributed by atoms with Gasteiger partial charge in [0.15, 0.2) is 0 Å². The summed E-state index contributed by atoms with van der Waals surface area (Å²) in [5.41, 5.74) is 2.90. The lowest BCUT2D eigenvalue weighted by atomic mass is 10.2. The molecule has 0 atom stereocenters. The standard InChI is InChI=1S/C20H19N3O3S2/c1-3-28(25,26)22-13-16-8-4-5-9-17(16)21-10-6-7-15-11-18(24)20-19(12-15)27-14(2)23-20/h3-5,8-9,11-12,21-22,24H,1,10,13H2,2H3. The lowest BCUT2D eigenvalue weighted by Crippen LogP contribution is -2.21. The number of aromatic hydroxyl groups is 1. The molecule has 0 saturated carbocycles. The second-order valence-electron chi connectivity index (χ2n) is 5.92. The minimum atomic E-state index is -3.49. The molecule has 28 heavy (non-hydrogen) atoms. The van der Waals surface area contributed by atoms with Crippen molar-refractivity contribution in [3.8, 4) is 17.6 Å². The van der Waals surface area contributed by atoms with Crippen LogP contribution in [-0.4, -0.2) is 25.1 Å². The number of phenolic OH excluding ortho intramolecular Hbond substituents is 1. The zero-order chi connectivity index (χ0) is 20.1. The molecule has 0 radical (unpaired) electrons. The number of aryl methyl sites for hydroxylation is 1. The fourth-order valence-electron chi connectivity index (χ4n) is 2.56. The first-order valence-electron chi connectivity index (χ1n) is 8.41. The number of nitrogens with zero attached hydrogens (tertiary/aromatic N) is 1. The first-order valence-corrected chi connectivity index (χ1v) is 10.8. The van der Waals surface area contributed by atoms with Crippen LogP contribution in [0.2, 0.25) is 0 Å². The van der Waals surface area contributed by atoms with Gasteiger partial charge in [-0.3, -0.25) is 0 Å². The SMILES string of the molecule is C=CS(=O)(=O)NCc1ccccc1NCC#Cc1cc(O)c2nc(C)sc2c1. The number of phenols is 1. The summed E-state index contributed by atoms with van der Waals surface area (Å²) in [6.07, 6.45) is 0. The Balaban J connectivity index is 1.69. The third-order valence-electron chi connectivity index (χ3n) is 3.88. The highest BCUT2D eigenvalue weighted by Gasteiger charge is 2.07. The van der Waals surface area contributed by atoms with Gasteiger partial charge in [-0.05, 0) is 30.7 Å². The van der Waals surface area contributed by atoms with Gasteiger partial charge >= 0.3 is 0 Å². The normalized spacial score (nSPS) is 11.0. The van der Waals surface area contributed by atoms with E-state index in [1.807, 2.05) is 37.3 Å². The average Bonchev–Trinajstić information content (AvgIpc) is 3.05. The van der Waals surface area contributed by atoms with Crippen molar-refractivity contribution < 1.29 is 13.5 Å². The van der Waals surface area contributed by atoms with Gasteiger partial charge in [0.05, 0.1) is 16.3 Å². The van der Waals surface area contributed by atoms with E-state index in [2.05, 4.69) is 33.4 Å². The van der Waals surface area contributed by atoms with Crippen molar-refractivity contribution in [1.82, 2.24) is 9.71 Å². The number of hydrogen-bond donors (Lipinski definition) is 3. The number of aromatic nitrogens is 1. The van der Waals surface area contributed by atoms with E-state index in [0.717, 1.165) is 26.4 Å². The summed E-state index contributed by atoms with van der Waals surface area (Å²) in [5.74, 6) is 6.16. The molecule has 2 aromatic carbocycles. The average molecular weight is 414 g/mol. The summed E-state index contributed by atoms with van der Waals surface area (Å²) >= 11 is 1.51. The summed E-state index contributed by atoms with van der Waals surface area (Å²) < 4.78 is 26.4. The molecule has 0 unspecified atom stereocenters. The van der Waals surface area contributed by atoms with Crippen molar-refractivity contribution in [3.05, 3.63) is 64.5 Å². The summed E-state index contributed by atoms with van der Waals surface area (Å²) in [4.78, 5) is 4.29. The van der Waals surface area contributed by atoms with E-state index in [0.29, 0.717) is 17.6 Å². The maximum atomic E-state index is 11.5. The van der Waals surface area contributed by atoms with Crippen LogP contribution >= 0.6 is 11.3 Å². The van der Waals surface area contributed by atoms with Crippen LogP contribution in [0.15, 0.2) is 48.4 Å². The smallest absolute Gasteiger partial charge is 0.233 e.